The van der Waals surface area contributed by atoms with Crippen LogP contribution in [-0.2, 0) is 17.1 Å². The second-order valence-electron chi connectivity index (χ2n) is 4.49. The second-order valence-corrected chi connectivity index (χ2v) is 6.37. The molecule has 0 bridgehead atoms. The van der Waals surface area contributed by atoms with E-state index in [2.05, 4.69) is 11.9 Å². The van der Waals surface area contributed by atoms with Gasteiger partial charge in [-0.1, -0.05) is 6.92 Å². The number of imidazole rings is 1. The molecule has 2 heterocycles. The van der Waals surface area contributed by atoms with E-state index in [9.17, 15) is 8.42 Å². The van der Waals surface area contributed by atoms with Gasteiger partial charge in [0.2, 0.25) is 0 Å². The van der Waals surface area contributed by atoms with Crippen LogP contribution in [0.15, 0.2) is 17.6 Å². The summed E-state index contributed by atoms with van der Waals surface area (Å²) in [6, 6.07) is 0. The Morgan fingerprint density at radius 2 is 2.25 bits per heavy atom. The van der Waals surface area contributed by atoms with E-state index in [1.807, 2.05) is 0 Å². The highest BCUT2D eigenvalue weighted by Crippen LogP contribution is 2.22. The molecule has 6 heteroatoms. The molecule has 1 fully saturated rings. The molecule has 1 aliphatic rings. The molecule has 0 aliphatic carbocycles. The lowest BCUT2D eigenvalue weighted by molar-refractivity contribution is 0.280. The molecule has 0 N–H and O–H groups in total. The minimum atomic E-state index is -3.37. The van der Waals surface area contributed by atoms with Crippen LogP contribution in [0.5, 0.6) is 0 Å². The van der Waals surface area contributed by atoms with Crippen LogP contribution in [0.3, 0.4) is 0 Å². The summed E-state index contributed by atoms with van der Waals surface area (Å²) in [6.07, 6.45) is 5.11. The van der Waals surface area contributed by atoms with Gasteiger partial charge in [0.05, 0.1) is 6.33 Å². The Hall–Kier alpha value is -0.880. The second kappa shape index (κ2) is 4.18. The number of piperidine rings is 1. The maximum absolute atomic E-state index is 12.2. The normalized spacial score (nSPS) is 23.5. The highest BCUT2D eigenvalue weighted by atomic mass is 32.2. The van der Waals surface area contributed by atoms with E-state index in [1.54, 1.807) is 22.1 Å². The molecule has 5 nitrogen and oxygen atoms in total. The number of aryl methyl sites for hydroxylation is 1. The summed E-state index contributed by atoms with van der Waals surface area (Å²) in [5.74, 6) is 0.437. The van der Waals surface area contributed by atoms with Gasteiger partial charge in [0.25, 0.3) is 10.0 Å². The first kappa shape index (κ1) is 11.6. The third kappa shape index (κ3) is 2.12. The molecule has 90 valence electrons. The van der Waals surface area contributed by atoms with Crippen LogP contribution in [0.2, 0.25) is 0 Å². The fraction of sp³-hybridized carbons (Fsp3) is 0.700. The smallest absolute Gasteiger partial charge is 0.262 e. The molecule has 1 saturated heterocycles. The molecule has 0 spiro atoms. The van der Waals surface area contributed by atoms with Crippen molar-refractivity contribution in [1.82, 2.24) is 13.9 Å². The Morgan fingerprint density at radius 3 is 2.81 bits per heavy atom. The van der Waals surface area contributed by atoms with Crippen LogP contribution in [0.4, 0.5) is 0 Å². The van der Waals surface area contributed by atoms with Gasteiger partial charge in [-0.15, -0.1) is 0 Å². The van der Waals surface area contributed by atoms with E-state index < -0.39 is 10.0 Å². The van der Waals surface area contributed by atoms with Gasteiger partial charge in [-0.3, -0.25) is 0 Å². The summed E-state index contributed by atoms with van der Waals surface area (Å²) >= 11 is 0. The van der Waals surface area contributed by atoms with Crippen molar-refractivity contribution in [3.05, 3.63) is 12.5 Å². The maximum Gasteiger partial charge on any atom is 0.262 e. The predicted octanol–water partition coefficient (Wildman–Crippen LogP) is 0.841. The first-order valence-corrected chi connectivity index (χ1v) is 6.92. The lowest BCUT2D eigenvalue weighted by Gasteiger charge is -2.29. The van der Waals surface area contributed by atoms with Crippen molar-refractivity contribution in [2.24, 2.45) is 13.0 Å². The van der Waals surface area contributed by atoms with Crippen molar-refractivity contribution in [3.63, 3.8) is 0 Å². The average Bonchev–Trinajstić information content (AvgIpc) is 2.65. The largest absolute Gasteiger partial charge is 0.339 e. The standard InChI is InChI=1S/C10H17N3O2S/c1-9-4-3-5-13(6-9)16(14,15)10-7-12(2)8-11-10/h7-9H,3-6H2,1-2H3/t9-/m1/s1. The van der Waals surface area contributed by atoms with Crippen LogP contribution in [-0.4, -0.2) is 35.4 Å². The molecule has 0 aromatic carbocycles. The SMILES string of the molecule is C[C@@H]1CCCN(S(=O)(=O)c2cn(C)cn2)C1. The van der Waals surface area contributed by atoms with Crippen LogP contribution in [0.25, 0.3) is 0 Å². The molecular weight excluding hydrogens is 226 g/mol. The third-order valence-corrected chi connectivity index (χ3v) is 4.66. The number of sulfonamides is 1. The first-order chi connectivity index (χ1) is 7.50. The van der Waals surface area contributed by atoms with Crippen molar-refractivity contribution in [1.29, 1.82) is 0 Å². The Kier molecular flexibility index (Phi) is 3.03. The third-order valence-electron chi connectivity index (χ3n) is 2.91. The van der Waals surface area contributed by atoms with Crippen molar-refractivity contribution < 1.29 is 8.42 Å². The average molecular weight is 243 g/mol. The Morgan fingerprint density at radius 1 is 1.50 bits per heavy atom. The van der Waals surface area contributed by atoms with Gasteiger partial charge in [-0.05, 0) is 18.8 Å². The Balaban J connectivity index is 2.25. The lowest BCUT2D eigenvalue weighted by atomic mass is 10.0. The van der Waals surface area contributed by atoms with E-state index in [-0.39, 0.29) is 5.03 Å². The molecule has 0 radical (unpaired) electrons. The Labute approximate surface area is 96.1 Å². The quantitative estimate of drug-likeness (QED) is 0.773. The molecule has 0 amide bonds. The summed E-state index contributed by atoms with van der Waals surface area (Å²) in [5, 5.41) is 0.157. The van der Waals surface area contributed by atoms with Crippen LogP contribution < -0.4 is 0 Å². The minimum Gasteiger partial charge on any atom is -0.339 e. The van der Waals surface area contributed by atoms with Crippen LogP contribution >= 0.6 is 0 Å². The van der Waals surface area contributed by atoms with Gasteiger partial charge in [-0.25, -0.2) is 13.4 Å². The van der Waals surface area contributed by atoms with Gasteiger partial charge >= 0.3 is 0 Å². The van der Waals surface area contributed by atoms with E-state index in [0.717, 1.165) is 12.8 Å². The molecule has 1 aromatic rings. The first-order valence-electron chi connectivity index (χ1n) is 5.48. The molecule has 1 atom stereocenters. The number of rotatable bonds is 2. The molecule has 0 unspecified atom stereocenters. The highest BCUT2D eigenvalue weighted by molar-refractivity contribution is 7.89. The summed E-state index contributed by atoms with van der Waals surface area (Å²) in [5.41, 5.74) is 0. The molecule has 1 aliphatic heterocycles. The van der Waals surface area contributed by atoms with Gasteiger partial charge in [0.15, 0.2) is 5.03 Å². The number of hydrogen-bond acceptors (Lipinski definition) is 3. The zero-order valence-corrected chi connectivity index (χ0v) is 10.4. The van der Waals surface area contributed by atoms with E-state index >= 15 is 0 Å². The number of hydrogen-bond donors (Lipinski definition) is 0. The van der Waals surface area contributed by atoms with Gasteiger partial charge < -0.3 is 4.57 Å². The lowest BCUT2D eigenvalue weighted by Crippen LogP contribution is -2.39. The predicted molar refractivity (Wildman–Crippen MR) is 60.4 cm³/mol. The summed E-state index contributed by atoms with van der Waals surface area (Å²) in [4.78, 5) is 3.92. The zero-order valence-electron chi connectivity index (χ0n) is 9.63. The van der Waals surface area contributed by atoms with Crippen molar-refractivity contribution in [2.75, 3.05) is 13.1 Å². The Bertz CT molecular complexity index is 466. The van der Waals surface area contributed by atoms with E-state index in [4.69, 9.17) is 0 Å². The van der Waals surface area contributed by atoms with Crippen molar-refractivity contribution in [2.45, 2.75) is 24.8 Å². The molecule has 0 saturated carbocycles. The zero-order chi connectivity index (χ0) is 11.8. The summed E-state index contributed by atoms with van der Waals surface area (Å²) in [7, 11) is -1.60. The van der Waals surface area contributed by atoms with Crippen molar-refractivity contribution in [3.8, 4) is 0 Å². The molecule has 1 aromatic heterocycles. The minimum absolute atomic E-state index is 0.157. The van der Waals surface area contributed by atoms with Crippen LogP contribution in [0, 0.1) is 5.92 Å². The highest BCUT2D eigenvalue weighted by Gasteiger charge is 2.30. The van der Waals surface area contributed by atoms with E-state index in [1.165, 1.54) is 6.33 Å². The number of aromatic nitrogens is 2. The van der Waals surface area contributed by atoms with Gasteiger partial charge in [-0.2, -0.15) is 4.31 Å². The maximum atomic E-state index is 12.2. The van der Waals surface area contributed by atoms with Crippen LogP contribution in [0.1, 0.15) is 19.8 Å². The fourth-order valence-corrected chi connectivity index (χ4v) is 3.58. The molecular formula is C10H17N3O2S. The topological polar surface area (TPSA) is 55.2 Å². The molecule has 2 rings (SSSR count). The fourth-order valence-electron chi connectivity index (χ4n) is 2.02. The van der Waals surface area contributed by atoms with E-state index in [0.29, 0.717) is 19.0 Å². The van der Waals surface area contributed by atoms with Gasteiger partial charge in [0, 0.05) is 26.3 Å². The van der Waals surface area contributed by atoms with Gasteiger partial charge in [0.1, 0.15) is 0 Å². The van der Waals surface area contributed by atoms with Crippen molar-refractivity contribution >= 4 is 10.0 Å². The number of nitrogens with zero attached hydrogens (tertiary/aromatic N) is 3. The monoisotopic (exact) mass is 243 g/mol. The molecule has 16 heavy (non-hydrogen) atoms. The summed E-state index contributed by atoms with van der Waals surface area (Å²) in [6.45, 7) is 3.31. The summed E-state index contributed by atoms with van der Waals surface area (Å²) < 4.78 is 27.6.